The van der Waals surface area contributed by atoms with Crippen LogP contribution in [0.25, 0.3) is 11.2 Å². The van der Waals surface area contributed by atoms with E-state index in [2.05, 4.69) is 20.9 Å². The first-order valence-corrected chi connectivity index (χ1v) is 10.2. The predicted octanol–water partition coefficient (Wildman–Crippen LogP) is 3.65. The lowest BCUT2D eigenvalue weighted by molar-refractivity contribution is 0.427. The van der Waals surface area contributed by atoms with Gasteiger partial charge in [0.15, 0.2) is 11.2 Å². The molecule has 0 saturated carbocycles. The molecule has 0 N–H and O–H groups in total. The Morgan fingerprint density at radius 3 is 2.23 bits per heavy atom. The molecule has 2 aromatic carbocycles. The van der Waals surface area contributed by atoms with Crippen LogP contribution in [0, 0.1) is 13.8 Å². The van der Waals surface area contributed by atoms with E-state index >= 15 is 0 Å². The Morgan fingerprint density at radius 2 is 1.60 bits per heavy atom. The summed E-state index contributed by atoms with van der Waals surface area (Å²) in [6.45, 7) is 4.14. The first-order chi connectivity index (χ1) is 14.2. The van der Waals surface area contributed by atoms with Crippen molar-refractivity contribution in [2.45, 2.75) is 20.4 Å². The third kappa shape index (κ3) is 3.59. The summed E-state index contributed by atoms with van der Waals surface area (Å²) in [4.78, 5) is 30.5. The predicted molar refractivity (Wildman–Crippen MR) is 119 cm³/mol. The molecule has 0 spiro atoms. The lowest BCUT2D eigenvalue weighted by Crippen LogP contribution is -2.39. The Hall–Kier alpha value is -3.13. The smallest absolute Gasteiger partial charge is 0.332 e. The van der Waals surface area contributed by atoms with Gasteiger partial charge in [-0.1, -0.05) is 34.1 Å². The average Bonchev–Trinajstić information content (AvgIpc) is 3.01. The van der Waals surface area contributed by atoms with Crippen LogP contribution >= 0.6 is 15.9 Å². The van der Waals surface area contributed by atoms with Gasteiger partial charge in [-0.25, -0.2) is 4.79 Å². The molecule has 2 heterocycles. The third-order valence-electron chi connectivity index (χ3n) is 4.98. The summed E-state index contributed by atoms with van der Waals surface area (Å²) in [5, 5.41) is 0. The Bertz CT molecular complexity index is 1360. The van der Waals surface area contributed by atoms with Crippen LogP contribution in [0.4, 0.5) is 0 Å². The molecular weight excluding hydrogens is 448 g/mol. The van der Waals surface area contributed by atoms with E-state index in [9.17, 15) is 9.59 Å². The van der Waals surface area contributed by atoms with Crippen LogP contribution in [0.15, 0.2) is 56.5 Å². The fraction of sp³-hybridized carbons (Fsp3) is 0.227. The van der Waals surface area contributed by atoms with Crippen LogP contribution in [0.3, 0.4) is 0 Å². The normalized spacial score (nSPS) is 11.2. The maximum absolute atomic E-state index is 13.2. The van der Waals surface area contributed by atoms with E-state index in [1.54, 1.807) is 18.7 Å². The van der Waals surface area contributed by atoms with Crippen LogP contribution in [0.5, 0.6) is 11.8 Å². The van der Waals surface area contributed by atoms with Crippen molar-refractivity contribution in [3.05, 3.63) is 84.5 Å². The van der Waals surface area contributed by atoms with Gasteiger partial charge in [-0.15, -0.1) is 0 Å². The molecule has 0 radical (unpaired) electrons. The van der Waals surface area contributed by atoms with Gasteiger partial charge < -0.3 is 4.74 Å². The highest BCUT2D eigenvalue weighted by Crippen LogP contribution is 2.24. The molecule has 0 fully saturated rings. The van der Waals surface area contributed by atoms with E-state index in [0.717, 1.165) is 21.2 Å². The lowest BCUT2D eigenvalue weighted by Gasteiger charge is -2.09. The first kappa shape index (κ1) is 20.2. The second kappa shape index (κ2) is 7.60. The summed E-state index contributed by atoms with van der Waals surface area (Å²) in [6, 6.07) is 13.6. The molecule has 30 heavy (non-hydrogen) atoms. The minimum Gasteiger partial charge on any atom is -0.425 e. The molecule has 0 unspecified atom stereocenters. The molecule has 0 bridgehead atoms. The number of nitrogens with zero attached hydrogens (tertiary/aromatic N) is 4. The van der Waals surface area contributed by atoms with Gasteiger partial charge >= 0.3 is 11.7 Å². The maximum atomic E-state index is 13.2. The highest BCUT2D eigenvalue weighted by Gasteiger charge is 2.20. The Kier molecular flexibility index (Phi) is 5.11. The summed E-state index contributed by atoms with van der Waals surface area (Å²) in [6.07, 6.45) is 0. The monoisotopic (exact) mass is 468 g/mol. The SMILES string of the molecule is Cc1cc(C)cc(Oc2nc3c(c(=O)n(Cc4ccc(Br)cc4)c(=O)n3C)n2C)c1. The topological polar surface area (TPSA) is 71.1 Å². The molecule has 0 aliphatic heterocycles. The highest BCUT2D eigenvalue weighted by atomic mass is 79.9. The number of halogens is 1. The zero-order valence-corrected chi connectivity index (χ0v) is 18.7. The van der Waals surface area contributed by atoms with Crippen molar-refractivity contribution in [1.82, 2.24) is 18.7 Å². The maximum Gasteiger partial charge on any atom is 0.332 e. The van der Waals surface area contributed by atoms with E-state index in [1.807, 2.05) is 56.3 Å². The summed E-state index contributed by atoms with van der Waals surface area (Å²) >= 11 is 3.39. The minimum absolute atomic E-state index is 0.174. The summed E-state index contributed by atoms with van der Waals surface area (Å²) in [5.74, 6) is 0.631. The van der Waals surface area contributed by atoms with Crippen LogP contribution in [-0.2, 0) is 20.6 Å². The van der Waals surface area contributed by atoms with Crippen molar-refractivity contribution < 1.29 is 4.74 Å². The number of benzene rings is 2. The third-order valence-corrected chi connectivity index (χ3v) is 5.51. The molecule has 0 amide bonds. The van der Waals surface area contributed by atoms with Gasteiger partial charge in [0.05, 0.1) is 6.54 Å². The van der Waals surface area contributed by atoms with Crippen LogP contribution < -0.4 is 16.0 Å². The molecule has 7 nitrogen and oxygen atoms in total. The van der Waals surface area contributed by atoms with Gasteiger partial charge in [0.25, 0.3) is 5.56 Å². The van der Waals surface area contributed by atoms with Gasteiger partial charge in [-0.3, -0.25) is 18.5 Å². The molecule has 2 aromatic heterocycles. The molecule has 154 valence electrons. The largest absolute Gasteiger partial charge is 0.425 e. The zero-order valence-electron chi connectivity index (χ0n) is 17.1. The van der Waals surface area contributed by atoms with Crippen LogP contribution in [-0.4, -0.2) is 18.7 Å². The number of fused-ring (bicyclic) bond motifs is 1. The quantitative estimate of drug-likeness (QED) is 0.458. The standard InChI is InChI=1S/C22H21BrN4O3/c1-13-9-14(2)11-17(10-13)30-21-24-19-18(25(21)3)20(28)27(22(29)26(19)4)12-15-5-7-16(23)8-6-15/h5-11H,12H2,1-4H3. The van der Waals surface area contributed by atoms with Gasteiger partial charge in [0, 0.05) is 18.6 Å². The number of imidazole rings is 1. The van der Waals surface area contributed by atoms with Crippen LogP contribution in [0.2, 0.25) is 0 Å². The first-order valence-electron chi connectivity index (χ1n) is 9.41. The van der Waals surface area contributed by atoms with E-state index in [-0.39, 0.29) is 12.6 Å². The van der Waals surface area contributed by atoms with Crippen molar-refractivity contribution in [3.8, 4) is 11.8 Å². The molecule has 0 atom stereocenters. The Balaban J connectivity index is 1.83. The Morgan fingerprint density at radius 1 is 0.967 bits per heavy atom. The number of ether oxygens (including phenoxy) is 1. The fourth-order valence-electron chi connectivity index (χ4n) is 3.52. The summed E-state index contributed by atoms with van der Waals surface area (Å²) in [7, 11) is 3.32. The molecule has 4 aromatic rings. The fourth-order valence-corrected chi connectivity index (χ4v) is 3.79. The molecule has 0 aliphatic rings. The highest BCUT2D eigenvalue weighted by molar-refractivity contribution is 9.10. The van der Waals surface area contributed by atoms with Gasteiger partial charge in [-0.05, 0) is 54.8 Å². The van der Waals surface area contributed by atoms with Crippen molar-refractivity contribution in [2.75, 3.05) is 0 Å². The zero-order chi connectivity index (χ0) is 21.6. The van der Waals surface area contributed by atoms with E-state index < -0.39 is 11.2 Å². The van der Waals surface area contributed by atoms with Gasteiger partial charge in [0.2, 0.25) is 0 Å². The van der Waals surface area contributed by atoms with Gasteiger partial charge in [-0.2, -0.15) is 4.98 Å². The number of hydrogen-bond acceptors (Lipinski definition) is 4. The average molecular weight is 469 g/mol. The second-order valence-electron chi connectivity index (χ2n) is 7.41. The molecule has 0 aliphatic carbocycles. The minimum atomic E-state index is -0.425. The van der Waals surface area contributed by atoms with Crippen molar-refractivity contribution in [1.29, 1.82) is 0 Å². The summed E-state index contributed by atoms with van der Waals surface area (Å²) < 4.78 is 11.1. The van der Waals surface area contributed by atoms with E-state index in [0.29, 0.717) is 16.9 Å². The van der Waals surface area contributed by atoms with Crippen LogP contribution in [0.1, 0.15) is 16.7 Å². The molecule has 0 saturated heterocycles. The van der Waals surface area contributed by atoms with Crippen molar-refractivity contribution in [3.63, 3.8) is 0 Å². The second-order valence-corrected chi connectivity index (χ2v) is 8.33. The Labute approximate surface area is 181 Å². The number of rotatable bonds is 4. The van der Waals surface area contributed by atoms with E-state index in [4.69, 9.17) is 4.74 Å². The van der Waals surface area contributed by atoms with Gasteiger partial charge in [0.1, 0.15) is 5.75 Å². The van der Waals surface area contributed by atoms with Crippen molar-refractivity contribution >= 4 is 27.1 Å². The number of aromatic nitrogens is 4. The van der Waals surface area contributed by atoms with E-state index in [1.165, 1.54) is 9.13 Å². The molecule has 8 heteroatoms. The molecular formula is C22H21BrN4O3. The molecule has 4 rings (SSSR count). The summed E-state index contributed by atoms with van der Waals surface area (Å²) in [5.41, 5.74) is 2.76. The number of hydrogen-bond donors (Lipinski definition) is 0. The van der Waals surface area contributed by atoms with Crippen molar-refractivity contribution in [2.24, 2.45) is 14.1 Å². The lowest BCUT2D eigenvalue weighted by atomic mass is 10.1. The number of aryl methyl sites for hydroxylation is 4.